The van der Waals surface area contributed by atoms with Crippen molar-refractivity contribution in [2.45, 2.75) is 26.7 Å². The van der Waals surface area contributed by atoms with Gasteiger partial charge in [-0.2, -0.15) is 0 Å². The molecule has 0 spiro atoms. The predicted octanol–water partition coefficient (Wildman–Crippen LogP) is 4.83. The van der Waals surface area contributed by atoms with Gasteiger partial charge in [0, 0.05) is 22.7 Å². The lowest BCUT2D eigenvalue weighted by molar-refractivity contribution is 0.949. The van der Waals surface area contributed by atoms with Gasteiger partial charge >= 0.3 is 0 Å². The standard InChI is InChI=1S/C15H17Cl2N3/c1-3-7-18-15-11(4-2)14(19-9-20-15)12-6-5-10(16)8-13(12)17/h5-6,8-9H,3-4,7H2,1-2H3,(H,18,19,20). The molecule has 1 aromatic heterocycles. The van der Waals surface area contributed by atoms with E-state index in [1.54, 1.807) is 12.4 Å². The molecule has 3 nitrogen and oxygen atoms in total. The molecule has 0 unspecified atom stereocenters. The Bertz CT molecular complexity index is 600. The first kappa shape index (κ1) is 15.1. The molecule has 1 aromatic carbocycles. The first-order valence-corrected chi connectivity index (χ1v) is 7.46. The monoisotopic (exact) mass is 309 g/mol. The molecule has 2 rings (SSSR count). The molecule has 0 fully saturated rings. The number of anilines is 1. The lowest BCUT2D eigenvalue weighted by Gasteiger charge is -2.14. The van der Waals surface area contributed by atoms with Crippen molar-refractivity contribution in [1.29, 1.82) is 0 Å². The Labute approximate surface area is 129 Å². The third kappa shape index (κ3) is 3.22. The fourth-order valence-corrected chi connectivity index (χ4v) is 2.55. The minimum absolute atomic E-state index is 0.604. The molecule has 0 saturated carbocycles. The number of rotatable bonds is 5. The molecule has 0 aliphatic carbocycles. The molecule has 2 aromatic rings. The van der Waals surface area contributed by atoms with Crippen molar-refractivity contribution in [3.05, 3.63) is 40.1 Å². The van der Waals surface area contributed by atoms with Crippen LogP contribution in [0.5, 0.6) is 0 Å². The summed E-state index contributed by atoms with van der Waals surface area (Å²) in [6, 6.07) is 5.46. The van der Waals surface area contributed by atoms with E-state index in [2.05, 4.69) is 29.1 Å². The second kappa shape index (κ2) is 6.91. The van der Waals surface area contributed by atoms with Gasteiger partial charge in [0.15, 0.2) is 0 Å². The van der Waals surface area contributed by atoms with Crippen LogP contribution in [0.2, 0.25) is 10.0 Å². The number of hydrogen-bond donors (Lipinski definition) is 1. The molecule has 5 heteroatoms. The van der Waals surface area contributed by atoms with E-state index < -0.39 is 0 Å². The van der Waals surface area contributed by atoms with E-state index >= 15 is 0 Å². The molecular formula is C15H17Cl2N3. The van der Waals surface area contributed by atoms with Crippen LogP contribution in [-0.2, 0) is 6.42 Å². The minimum Gasteiger partial charge on any atom is -0.370 e. The zero-order valence-electron chi connectivity index (χ0n) is 11.6. The summed E-state index contributed by atoms with van der Waals surface area (Å²) < 4.78 is 0. The summed E-state index contributed by atoms with van der Waals surface area (Å²) in [6.07, 6.45) is 3.45. The molecule has 1 heterocycles. The van der Waals surface area contributed by atoms with Crippen LogP contribution in [0.15, 0.2) is 24.5 Å². The van der Waals surface area contributed by atoms with Gasteiger partial charge in [0.2, 0.25) is 0 Å². The lowest BCUT2D eigenvalue weighted by Crippen LogP contribution is -2.07. The van der Waals surface area contributed by atoms with E-state index in [-0.39, 0.29) is 0 Å². The van der Waals surface area contributed by atoms with Crippen LogP contribution in [0.4, 0.5) is 5.82 Å². The van der Waals surface area contributed by atoms with Crippen LogP contribution in [0.25, 0.3) is 11.3 Å². The highest BCUT2D eigenvalue weighted by Crippen LogP contribution is 2.33. The Balaban J connectivity index is 2.50. The first-order valence-electron chi connectivity index (χ1n) is 6.70. The van der Waals surface area contributed by atoms with Gasteiger partial charge in [-0.1, -0.05) is 37.0 Å². The zero-order chi connectivity index (χ0) is 14.5. The Morgan fingerprint density at radius 2 is 1.95 bits per heavy atom. The third-order valence-electron chi connectivity index (χ3n) is 3.03. The van der Waals surface area contributed by atoms with Gasteiger partial charge in [0.05, 0.1) is 10.7 Å². The maximum Gasteiger partial charge on any atom is 0.133 e. The smallest absolute Gasteiger partial charge is 0.133 e. The van der Waals surface area contributed by atoms with Gasteiger partial charge < -0.3 is 5.32 Å². The molecule has 106 valence electrons. The molecule has 0 saturated heterocycles. The van der Waals surface area contributed by atoms with Gasteiger partial charge in [0.1, 0.15) is 12.1 Å². The summed E-state index contributed by atoms with van der Waals surface area (Å²) in [7, 11) is 0. The molecule has 0 amide bonds. The van der Waals surface area contributed by atoms with E-state index in [1.807, 2.05) is 12.1 Å². The van der Waals surface area contributed by atoms with E-state index in [1.165, 1.54) is 0 Å². The van der Waals surface area contributed by atoms with Crippen molar-refractivity contribution in [2.75, 3.05) is 11.9 Å². The van der Waals surface area contributed by atoms with Crippen molar-refractivity contribution in [3.8, 4) is 11.3 Å². The van der Waals surface area contributed by atoms with Crippen LogP contribution in [0.3, 0.4) is 0 Å². The fraction of sp³-hybridized carbons (Fsp3) is 0.333. The third-order valence-corrected chi connectivity index (χ3v) is 3.58. The predicted molar refractivity (Wildman–Crippen MR) is 85.6 cm³/mol. The number of hydrogen-bond acceptors (Lipinski definition) is 3. The largest absolute Gasteiger partial charge is 0.370 e. The van der Waals surface area contributed by atoms with Crippen LogP contribution in [0, 0.1) is 0 Å². The SMILES string of the molecule is CCCNc1ncnc(-c2ccc(Cl)cc2Cl)c1CC. The van der Waals surface area contributed by atoms with Gasteiger partial charge in [0.25, 0.3) is 0 Å². The highest BCUT2D eigenvalue weighted by atomic mass is 35.5. The van der Waals surface area contributed by atoms with Crippen molar-refractivity contribution in [2.24, 2.45) is 0 Å². The molecule has 0 radical (unpaired) electrons. The van der Waals surface area contributed by atoms with E-state index in [0.717, 1.165) is 42.0 Å². The van der Waals surface area contributed by atoms with Gasteiger partial charge in [-0.05, 0) is 31.0 Å². The summed E-state index contributed by atoms with van der Waals surface area (Å²) in [5.74, 6) is 0.880. The summed E-state index contributed by atoms with van der Waals surface area (Å²) in [5, 5.41) is 4.56. The number of halogens is 2. The highest BCUT2D eigenvalue weighted by Gasteiger charge is 2.14. The number of aromatic nitrogens is 2. The Morgan fingerprint density at radius 1 is 1.15 bits per heavy atom. The second-order valence-electron chi connectivity index (χ2n) is 4.45. The maximum atomic E-state index is 6.28. The van der Waals surface area contributed by atoms with Crippen molar-refractivity contribution >= 4 is 29.0 Å². The average Bonchev–Trinajstić information content (AvgIpc) is 2.44. The normalized spacial score (nSPS) is 10.6. The van der Waals surface area contributed by atoms with Crippen molar-refractivity contribution in [1.82, 2.24) is 9.97 Å². The highest BCUT2D eigenvalue weighted by molar-refractivity contribution is 6.36. The van der Waals surface area contributed by atoms with Crippen LogP contribution in [0.1, 0.15) is 25.8 Å². The molecule has 0 aliphatic rings. The molecular weight excluding hydrogens is 293 g/mol. The Hall–Kier alpha value is -1.32. The lowest BCUT2D eigenvalue weighted by atomic mass is 10.0. The maximum absolute atomic E-state index is 6.28. The fourth-order valence-electron chi connectivity index (χ4n) is 2.06. The molecule has 0 atom stereocenters. The van der Waals surface area contributed by atoms with Gasteiger partial charge in [-0.3, -0.25) is 0 Å². The van der Waals surface area contributed by atoms with Gasteiger partial charge in [-0.15, -0.1) is 0 Å². The molecule has 1 N–H and O–H groups in total. The summed E-state index contributed by atoms with van der Waals surface area (Å²) in [6.45, 7) is 5.09. The second-order valence-corrected chi connectivity index (χ2v) is 5.30. The Morgan fingerprint density at radius 3 is 2.60 bits per heavy atom. The summed E-state index contributed by atoms with van der Waals surface area (Å²) >= 11 is 12.2. The van der Waals surface area contributed by atoms with E-state index in [9.17, 15) is 0 Å². The van der Waals surface area contributed by atoms with E-state index in [0.29, 0.717) is 10.0 Å². The molecule has 0 bridgehead atoms. The van der Waals surface area contributed by atoms with E-state index in [4.69, 9.17) is 23.2 Å². The summed E-state index contributed by atoms with van der Waals surface area (Å²) in [5.41, 5.74) is 2.82. The Kier molecular flexibility index (Phi) is 5.21. The van der Waals surface area contributed by atoms with Crippen LogP contribution < -0.4 is 5.32 Å². The molecule has 20 heavy (non-hydrogen) atoms. The zero-order valence-corrected chi connectivity index (χ0v) is 13.1. The topological polar surface area (TPSA) is 37.8 Å². The van der Waals surface area contributed by atoms with Crippen molar-refractivity contribution < 1.29 is 0 Å². The number of nitrogens with one attached hydrogen (secondary N) is 1. The number of benzene rings is 1. The van der Waals surface area contributed by atoms with Crippen LogP contribution >= 0.6 is 23.2 Å². The summed E-state index contributed by atoms with van der Waals surface area (Å²) in [4.78, 5) is 8.73. The quantitative estimate of drug-likeness (QED) is 0.859. The van der Waals surface area contributed by atoms with Crippen LogP contribution in [-0.4, -0.2) is 16.5 Å². The number of nitrogens with zero attached hydrogens (tertiary/aromatic N) is 2. The van der Waals surface area contributed by atoms with Gasteiger partial charge in [-0.25, -0.2) is 9.97 Å². The minimum atomic E-state index is 0.604. The molecule has 0 aliphatic heterocycles. The van der Waals surface area contributed by atoms with Crippen molar-refractivity contribution in [3.63, 3.8) is 0 Å². The first-order chi connectivity index (χ1) is 9.67. The average molecular weight is 310 g/mol.